The highest BCUT2D eigenvalue weighted by Crippen LogP contribution is 2.36. The monoisotopic (exact) mass is 281 g/mol. The fraction of sp³-hybridized carbons (Fsp3) is 0.500. The number of benzene rings is 1. The summed E-state index contributed by atoms with van der Waals surface area (Å²) in [4.78, 5) is 14.3. The fourth-order valence-electron chi connectivity index (χ4n) is 2.59. The highest BCUT2D eigenvalue weighted by molar-refractivity contribution is 6.31. The van der Waals surface area contributed by atoms with Gasteiger partial charge in [-0.2, -0.15) is 0 Å². The Morgan fingerprint density at radius 3 is 2.84 bits per heavy atom. The molecule has 4 nitrogen and oxygen atoms in total. The Morgan fingerprint density at radius 1 is 1.37 bits per heavy atom. The van der Waals surface area contributed by atoms with Gasteiger partial charge in [-0.1, -0.05) is 11.6 Å². The molecule has 0 aromatic heterocycles. The minimum atomic E-state index is -0.0175. The molecular formula is C14H16ClNO3. The highest BCUT2D eigenvalue weighted by Gasteiger charge is 2.28. The lowest BCUT2D eigenvalue weighted by atomic mass is 10.1. The van der Waals surface area contributed by atoms with Crippen molar-refractivity contribution < 1.29 is 14.3 Å². The minimum absolute atomic E-state index is 0.0175. The highest BCUT2D eigenvalue weighted by atomic mass is 35.5. The Labute approximate surface area is 117 Å². The van der Waals surface area contributed by atoms with Gasteiger partial charge < -0.3 is 14.4 Å². The Morgan fingerprint density at radius 2 is 2.11 bits per heavy atom. The molecule has 19 heavy (non-hydrogen) atoms. The zero-order valence-corrected chi connectivity index (χ0v) is 11.6. The molecular weight excluding hydrogens is 266 g/mol. The molecule has 1 saturated heterocycles. The van der Waals surface area contributed by atoms with Crippen molar-refractivity contribution in [2.45, 2.75) is 19.4 Å². The van der Waals surface area contributed by atoms with Crippen LogP contribution in [0.2, 0.25) is 5.02 Å². The maximum Gasteiger partial charge on any atom is 0.257 e. The molecule has 5 heteroatoms. The third-order valence-electron chi connectivity index (χ3n) is 3.49. The molecule has 1 amide bonds. The van der Waals surface area contributed by atoms with Gasteiger partial charge in [-0.3, -0.25) is 4.79 Å². The average Bonchev–Trinajstić information content (AvgIpc) is 2.78. The maximum atomic E-state index is 12.6. The zero-order chi connectivity index (χ0) is 13.4. The smallest absolute Gasteiger partial charge is 0.257 e. The quantitative estimate of drug-likeness (QED) is 0.792. The predicted molar refractivity (Wildman–Crippen MR) is 72.0 cm³/mol. The third kappa shape index (κ3) is 2.42. The number of carbonyl (C=O) groups excluding carboxylic acids is 1. The lowest BCUT2D eigenvalue weighted by Gasteiger charge is -2.27. The number of ether oxygens (including phenoxy) is 2. The minimum Gasteiger partial charge on any atom is -0.489 e. The van der Waals surface area contributed by atoms with Crippen LogP contribution in [0, 0.1) is 0 Å². The van der Waals surface area contributed by atoms with E-state index in [0.717, 1.165) is 12.0 Å². The molecule has 0 N–H and O–H groups in total. The molecule has 1 atom stereocenters. The van der Waals surface area contributed by atoms with E-state index in [4.69, 9.17) is 21.1 Å². The Kier molecular flexibility index (Phi) is 3.37. The van der Waals surface area contributed by atoms with E-state index < -0.39 is 0 Å². The fourth-order valence-corrected chi connectivity index (χ4v) is 2.83. The number of nitrogens with zero attached hydrogens (tertiary/aromatic N) is 1. The van der Waals surface area contributed by atoms with Gasteiger partial charge in [0.05, 0.1) is 18.8 Å². The molecule has 2 heterocycles. The number of hydrogen-bond donors (Lipinski definition) is 0. The van der Waals surface area contributed by atoms with E-state index in [1.165, 1.54) is 0 Å². The Hall–Kier alpha value is -1.26. The Bertz CT molecular complexity index is 512. The zero-order valence-electron chi connectivity index (χ0n) is 10.8. The van der Waals surface area contributed by atoms with Crippen LogP contribution in [-0.2, 0) is 11.2 Å². The van der Waals surface area contributed by atoms with Crippen LogP contribution in [-0.4, -0.2) is 43.2 Å². The van der Waals surface area contributed by atoms with Crippen LogP contribution in [0.1, 0.15) is 22.8 Å². The number of carbonyl (C=O) groups is 1. The molecule has 2 aliphatic rings. The summed E-state index contributed by atoms with van der Waals surface area (Å²) in [6, 6.07) is 3.59. The normalized spacial score (nSPS) is 22.0. The van der Waals surface area contributed by atoms with Crippen molar-refractivity contribution in [3.63, 3.8) is 0 Å². The summed E-state index contributed by atoms with van der Waals surface area (Å²) >= 11 is 6.11. The topological polar surface area (TPSA) is 38.8 Å². The van der Waals surface area contributed by atoms with Gasteiger partial charge in [0.2, 0.25) is 0 Å². The van der Waals surface area contributed by atoms with Crippen molar-refractivity contribution in [2.24, 2.45) is 0 Å². The second-order valence-corrected chi connectivity index (χ2v) is 5.42. The second-order valence-electron chi connectivity index (χ2n) is 4.98. The van der Waals surface area contributed by atoms with E-state index in [9.17, 15) is 4.79 Å². The molecule has 2 aliphatic heterocycles. The van der Waals surface area contributed by atoms with Gasteiger partial charge in [-0.05, 0) is 19.1 Å². The first-order valence-corrected chi connectivity index (χ1v) is 6.89. The van der Waals surface area contributed by atoms with Crippen LogP contribution >= 0.6 is 11.6 Å². The summed E-state index contributed by atoms with van der Waals surface area (Å²) < 4.78 is 11.0. The third-order valence-corrected chi connectivity index (χ3v) is 3.70. The van der Waals surface area contributed by atoms with Gasteiger partial charge in [0, 0.05) is 30.1 Å². The molecule has 1 unspecified atom stereocenters. The van der Waals surface area contributed by atoms with E-state index in [0.29, 0.717) is 42.6 Å². The van der Waals surface area contributed by atoms with Gasteiger partial charge in [0.1, 0.15) is 11.9 Å². The number of hydrogen-bond acceptors (Lipinski definition) is 3. The van der Waals surface area contributed by atoms with E-state index >= 15 is 0 Å². The van der Waals surface area contributed by atoms with Crippen molar-refractivity contribution in [3.8, 4) is 5.75 Å². The number of fused-ring (bicyclic) bond motifs is 1. The van der Waals surface area contributed by atoms with Crippen molar-refractivity contribution >= 4 is 17.5 Å². The molecule has 1 aromatic carbocycles. The molecule has 0 saturated carbocycles. The van der Waals surface area contributed by atoms with Crippen LogP contribution in [0.25, 0.3) is 0 Å². The van der Waals surface area contributed by atoms with E-state index in [1.54, 1.807) is 11.0 Å². The summed E-state index contributed by atoms with van der Waals surface area (Å²) in [5.41, 5.74) is 1.60. The van der Waals surface area contributed by atoms with Crippen molar-refractivity contribution in [1.29, 1.82) is 0 Å². The van der Waals surface area contributed by atoms with Crippen LogP contribution in [0.5, 0.6) is 5.75 Å². The van der Waals surface area contributed by atoms with Gasteiger partial charge in [0.25, 0.3) is 5.91 Å². The molecule has 0 aliphatic carbocycles. The maximum absolute atomic E-state index is 12.6. The molecule has 1 aromatic rings. The van der Waals surface area contributed by atoms with Gasteiger partial charge in [-0.15, -0.1) is 0 Å². The van der Waals surface area contributed by atoms with Crippen molar-refractivity contribution in [1.82, 2.24) is 4.90 Å². The van der Waals surface area contributed by atoms with Crippen LogP contribution in [0.4, 0.5) is 0 Å². The predicted octanol–water partition coefficient (Wildman–Crippen LogP) is 2.14. The summed E-state index contributed by atoms with van der Waals surface area (Å²) in [6.07, 6.45) is 0.906. The first-order chi connectivity index (χ1) is 9.15. The summed E-state index contributed by atoms with van der Waals surface area (Å²) in [5.74, 6) is 0.685. The number of halogens is 1. The second kappa shape index (κ2) is 5.02. The van der Waals surface area contributed by atoms with Crippen molar-refractivity contribution in [3.05, 3.63) is 28.3 Å². The first kappa shape index (κ1) is 12.8. The van der Waals surface area contributed by atoms with Crippen molar-refractivity contribution in [2.75, 3.05) is 26.3 Å². The number of amides is 1. The Balaban J connectivity index is 1.94. The average molecular weight is 282 g/mol. The molecule has 1 fully saturated rings. The van der Waals surface area contributed by atoms with Gasteiger partial charge in [-0.25, -0.2) is 0 Å². The van der Waals surface area contributed by atoms with Gasteiger partial charge >= 0.3 is 0 Å². The molecule has 3 rings (SSSR count). The summed E-state index contributed by atoms with van der Waals surface area (Å²) in [7, 11) is 0. The lowest BCUT2D eigenvalue weighted by Crippen LogP contribution is -2.40. The standard InChI is InChI=1S/C14H16ClNO3/c1-9-6-10-7-11(15)8-12(13(10)19-9)14(17)16-2-4-18-5-3-16/h7-9H,2-6H2,1H3. The van der Waals surface area contributed by atoms with Crippen LogP contribution in [0.15, 0.2) is 12.1 Å². The molecule has 0 spiro atoms. The summed E-state index contributed by atoms with van der Waals surface area (Å²) in [5, 5.41) is 0.591. The summed E-state index contributed by atoms with van der Waals surface area (Å²) in [6.45, 7) is 4.42. The van der Waals surface area contributed by atoms with Crippen LogP contribution in [0.3, 0.4) is 0 Å². The SMILES string of the molecule is CC1Cc2cc(Cl)cc(C(=O)N3CCOCC3)c2O1. The lowest BCUT2D eigenvalue weighted by molar-refractivity contribution is 0.0300. The van der Waals surface area contributed by atoms with E-state index in [-0.39, 0.29) is 12.0 Å². The molecule has 0 radical (unpaired) electrons. The first-order valence-electron chi connectivity index (χ1n) is 6.51. The molecule has 0 bridgehead atoms. The van der Waals surface area contributed by atoms with Gasteiger partial charge in [0.15, 0.2) is 0 Å². The molecule has 102 valence electrons. The van der Waals surface area contributed by atoms with E-state index in [1.807, 2.05) is 13.0 Å². The van der Waals surface area contributed by atoms with Crippen LogP contribution < -0.4 is 4.74 Å². The number of rotatable bonds is 1. The largest absolute Gasteiger partial charge is 0.489 e. The van der Waals surface area contributed by atoms with E-state index in [2.05, 4.69) is 0 Å². The number of morpholine rings is 1.